The summed E-state index contributed by atoms with van der Waals surface area (Å²) in [6.07, 6.45) is -1.81. The number of ether oxygens (including phenoxy) is 2. The molecule has 1 spiro atoms. The van der Waals surface area contributed by atoms with E-state index in [1.54, 1.807) is 25.1 Å². The van der Waals surface area contributed by atoms with Crippen molar-refractivity contribution in [1.29, 1.82) is 0 Å². The minimum Gasteiger partial charge on any atom is -0.406 e. The van der Waals surface area contributed by atoms with Gasteiger partial charge in [-0.15, -0.1) is 13.2 Å². The van der Waals surface area contributed by atoms with Gasteiger partial charge >= 0.3 is 6.36 Å². The number of halogens is 3. The smallest absolute Gasteiger partial charge is 0.406 e. The molecule has 8 nitrogen and oxygen atoms in total. The average Bonchev–Trinajstić information content (AvgIpc) is 3.43. The van der Waals surface area contributed by atoms with Crippen molar-refractivity contribution in [1.82, 2.24) is 5.16 Å². The maximum Gasteiger partial charge on any atom is 0.573 e. The highest BCUT2D eigenvalue weighted by Gasteiger charge is 2.67. The van der Waals surface area contributed by atoms with Gasteiger partial charge in [0, 0.05) is 11.8 Å². The van der Waals surface area contributed by atoms with Gasteiger partial charge in [0.15, 0.2) is 5.82 Å². The Labute approximate surface area is 173 Å². The first kappa shape index (κ1) is 19.6. The third kappa shape index (κ3) is 3.25. The Morgan fingerprint density at radius 3 is 2.71 bits per heavy atom. The van der Waals surface area contributed by atoms with Gasteiger partial charge < -0.3 is 19.3 Å². The summed E-state index contributed by atoms with van der Waals surface area (Å²) in [6.45, 7) is 1.92. The average molecular weight is 435 g/mol. The standard InChI is InChI=1S/C20H16F3N3O5/c1-10-8-14(25-31-10)26-9-19-7-6-13(30-19)15(16(19)18(26)28)17(27)24-11-2-4-12(5-3-11)29-20(21,22)23/h2-8,13,15-16H,9H2,1H3,(H,24,27)/t13-,15?,16?,19+/m1/s1. The zero-order chi connectivity index (χ0) is 22.0. The molecule has 2 fully saturated rings. The van der Waals surface area contributed by atoms with Gasteiger partial charge in [0.2, 0.25) is 11.8 Å². The number of nitrogens with one attached hydrogen (secondary N) is 1. The van der Waals surface area contributed by atoms with Crippen LogP contribution in [0.1, 0.15) is 5.76 Å². The first-order valence-electron chi connectivity index (χ1n) is 9.44. The molecule has 11 heteroatoms. The molecule has 1 N–H and O–H groups in total. The topological polar surface area (TPSA) is 93.9 Å². The summed E-state index contributed by atoms with van der Waals surface area (Å²) in [4.78, 5) is 27.6. The first-order valence-corrected chi connectivity index (χ1v) is 9.44. The van der Waals surface area contributed by atoms with Crippen LogP contribution < -0.4 is 15.0 Å². The van der Waals surface area contributed by atoms with Crippen molar-refractivity contribution in [2.24, 2.45) is 11.8 Å². The second kappa shape index (κ2) is 6.58. The maximum absolute atomic E-state index is 13.2. The van der Waals surface area contributed by atoms with Crippen LogP contribution in [-0.2, 0) is 14.3 Å². The van der Waals surface area contributed by atoms with E-state index >= 15 is 0 Å². The van der Waals surface area contributed by atoms with E-state index in [1.807, 2.05) is 0 Å². The van der Waals surface area contributed by atoms with Gasteiger partial charge in [0.1, 0.15) is 17.1 Å². The Bertz CT molecular complexity index is 1080. The molecule has 3 aliphatic heterocycles. The number of rotatable bonds is 4. The number of amides is 2. The van der Waals surface area contributed by atoms with Crippen LogP contribution in [-0.4, -0.2) is 41.6 Å². The number of aromatic nitrogens is 1. The van der Waals surface area contributed by atoms with E-state index in [0.29, 0.717) is 11.6 Å². The molecular formula is C20H16F3N3O5. The number of nitrogens with zero attached hydrogens (tertiary/aromatic N) is 2. The minimum atomic E-state index is -4.80. The molecule has 4 heterocycles. The van der Waals surface area contributed by atoms with Gasteiger partial charge in [0.05, 0.1) is 24.5 Å². The number of fused-ring (bicyclic) bond motifs is 1. The SMILES string of the molecule is Cc1cc(N2C[C@]34C=C[C@@H](O3)C(C(=O)Nc3ccc(OC(F)(F)F)cc3)C4C2=O)no1. The van der Waals surface area contributed by atoms with Crippen molar-refractivity contribution >= 4 is 23.3 Å². The molecule has 0 radical (unpaired) electrons. The monoisotopic (exact) mass is 435 g/mol. The van der Waals surface area contributed by atoms with Crippen LogP contribution in [0.2, 0.25) is 0 Å². The summed E-state index contributed by atoms with van der Waals surface area (Å²) < 4.78 is 51.8. The second-order valence-corrected chi connectivity index (χ2v) is 7.68. The molecule has 2 bridgehead atoms. The molecule has 1 aromatic carbocycles. The number of hydrogen-bond donors (Lipinski definition) is 1. The Morgan fingerprint density at radius 2 is 2.06 bits per heavy atom. The van der Waals surface area contributed by atoms with E-state index < -0.39 is 41.6 Å². The van der Waals surface area contributed by atoms with Crippen LogP contribution in [0.15, 0.2) is 47.0 Å². The summed E-state index contributed by atoms with van der Waals surface area (Å²) >= 11 is 0. The number of alkyl halides is 3. The highest BCUT2D eigenvalue weighted by Crippen LogP contribution is 2.52. The van der Waals surface area contributed by atoms with E-state index in [1.165, 1.54) is 17.0 Å². The zero-order valence-electron chi connectivity index (χ0n) is 16.1. The number of carbonyl (C=O) groups is 2. The Morgan fingerprint density at radius 1 is 1.32 bits per heavy atom. The van der Waals surface area contributed by atoms with Crippen molar-refractivity contribution in [3.8, 4) is 5.75 Å². The van der Waals surface area contributed by atoms with Crippen LogP contribution in [0.25, 0.3) is 0 Å². The molecule has 0 aliphatic carbocycles. The Kier molecular flexibility index (Phi) is 4.16. The molecule has 162 valence electrons. The van der Waals surface area contributed by atoms with Crippen LogP contribution in [0.3, 0.4) is 0 Å². The lowest BCUT2D eigenvalue weighted by Gasteiger charge is -2.23. The summed E-state index contributed by atoms with van der Waals surface area (Å²) in [5.74, 6) is -1.79. The molecule has 2 aromatic rings. The fourth-order valence-electron chi connectivity index (χ4n) is 4.44. The molecule has 3 aliphatic rings. The van der Waals surface area contributed by atoms with Gasteiger partial charge in [0.25, 0.3) is 0 Å². The van der Waals surface area contributed by atoms with Gasteiger partial charge in [-0.25, -0.2) is 0 Å². The third-order valence-corrected chi connectivity index (χ3v) is 5.65. The Balaban J connectivity index is 1.34. The number of carbonyl (C=O) groups excluding carboxylic acids is 2. The lowest BCUT2D eigenvalue weighted by molar-refractivity contribution is -0.274. The lowest BCUT2D eigenvalue weighted by Crippen LogP contribution is -2.41. The van der Waals surface area contributed by atoms with Crippen molar-refractivity contribution in [3.63, 3.8) is 0 Å². The van der Waals surface area contributed by atoms with Crippen molar-refractivity contribution in [2.45, 2.75) is 25.0 Å². The summed E-state index contributed by atoms with van der Waals surface area (Å²) in [5, 5.41) is 6.54. The molecule has 5 rings (SSSR count). The molecule has 2 amide bonds. The number of aryl methyl sites for hydroxylation is 1. The van der Waals surface area contributed by atoms with Crippen molar-refractivity contribution in [3.05, 3.63) is 48.2 Å². The van der Waals surface area contributed by atoms with Crippen molar-refractivity contribution < 1.29 is 36.8 Å². The molecule has 1 aromatic heterocycles. The Hall–Kier alpha value is -3.34. The lowest BCUT2D eigenvalue weighted by atomic mass is 9.77. The molecule has 0 saturated carbocycles. The van der Waals surface area contributed by atoms with E-state index in [2.05, 4.69) is 15.2 Å². The predicted octanol–water partition coefficient (Wildman–Crippen LogP) is 2.81. The largest absolute Gasteiger partial charge is 0.573 e. The van der Waals surface area contributed by atoms with Crippen LogP contribution in [0.5, 0.6) is 5.75 Å². The summed E-state index contributed by atoms with van der Waals surface area (Å²) in [6, 6.07) is 6.40. The van der Waals surface area contributed by atoms with E-state index in [4.69, 9.17) is 9.26 Å². The molecule has 31 heavy (non-hydrogen) atoms. The van der Waals surface area contributed by atoms with Crippen LogP contribution in [0.4, 0.5) is 24.7 Å². The van der Waals surface area contributed by atoms with Crippen LogP contribution in [0, 0.1) is 18.8 Å². The summed E-state index contributed by atoms with van der Waals surface area (Å²) in [5.41, 5.74) is -0.657. The highest BCUT2D eigenvalue weighted by molar-refractivity contribution is 6.05. The van der Waals surface area contributed by atoms with E-state index in [-0.39, 0.29) is 18.1 Å². The number of anilines is 2. The summed E-state index contributed by atoms with van der Waals surface area (Å²) in [7, 11) is 0. The van der Waals surface area contributed by atoms with Gasteiger partial charge in [-0.2, -0.15) is 0 Å². The zero-order valence-corrected chi connectivity index (χ0v) is 16.1. The minimum absolute atomic E-state index is 0.211. The van der Waals surface area contributed by atoms with Crippen molar-refractivity contribution in [2.75, 3.05) is 16.8 Å². The van der Waals surface area contributed by atoms with Gasteiger partial charge in [-0.1, -0.05) is 17.3 Å². The van der Waals surface area contributed by atoms with E-state index in [9.17, 15) is 22.8 Å². The van der Waals surface area contributed by atoms with Gasteiger partial charge in [-0.05, 0) is 31.2 Å². The number of hydrogen-bond acceptors (Lipinski definition) is 6. The fraction of sp³-hybridized carbons (Fsp3) is 0.350. The quantitative estimate of drug-likeness (QED) is 0.743. The highest BCUT2D eigenvalue weighted by atomic mass is 19.4. The molecule has 4 atom stereocenters. The molecule has 2 unspecified atom stereocenters. The van der Waals surface area contributed by atoms with Gasteiger partial charge in [-0.3, -0.25) is 14.5 Å². The molecular weight excluding hydrogens is 419 g/mol. The van der Waals surface area contributed by atoms with E-state index in [0.717, 1.165) is 12.1 Å². The maximum atomic E-state index is 13.2. The van der Waals surface area contributed by atoms with Crippen LogP contribution >= 0.6 is 0 Å². The third-order valence-electron chi connectivity index (χ3n) is 5.65. The predicted molar refractivity (Wildman–Crippen MR) is 99.1 cm³/mol. The fourth-order valence-corrected chi connectivity index (χ4v) is 4.44. The second-order valence-electron chi connectivity index (χ2n) is 7.68. The molecule has 2 saturated heterocycles. The number of benzene rings is 1. The normalized spacial score (nSPS) is 28.8. The first-order chi connectivity index (χ1) is 14.7.